The van der Waals surface area contributed by atoms with Crippen LogP contribution in [0.25, 0.3) is 0 Å². The number of hydrogen-bond acceptors (Lipinski definition) is 3. The van der Waals surface area contributed by atoms with E-state index in [-0.39, 0.29) is 5.84 Å². The fraction of sp³-hybridized carbons (Fsp3) is 0.917. The zero-order valence-electron chi connectivity index (χ0n) is 11.8. The van der Waals surface area contributed by atoms with E-state index in [2.05, 4.69) is 16.4 Å². The molecule has 5 N–H and O–H groups in total. The fourth-order valence-electron chi connectivity index (χ4n) is 2.53. The van der Waals surface area contributed by atoms with E-state index in [9.17, 15) is 8.42 Å². The Balaban J connectivity index is 2.76. The standard InChI is InChI=1S/C12H26N4O2S/c1-3-9-15-19(17,18)16-12(11(13)14)7-5-10(4-2)6-8-12/h10,15-16H,3-9H2,1-2H3,(H3,13,14). The maximum Gasteiger partial charge on any atom is 0.277 e. The van der Waals surface area contributed by atoms with Crippen LogP contribution in [0, 0.1) is 11.3 Å². The number of amidine groups is 1. The van der Waals surface area contributed by atoms with Gasteiger partial charge in [0.1, 0.15) is 5.84 Å². The number of rotatable bonds is 7. The molecule has 1 fully saturated rings. The van der Waals surface area contributed by atoms with Gasteiger partial charge in [-0.25, -0.2) is 4.72 Å². The van der Waals surface area contributed by atoms with Gasteiger partial charge < -0.3 is 5.73 Å². The number of nitrogens with two attached hydrogens (primary N) is 1. The molecule has 0 aromatic heterocycles. The first-order chi connectivity index (χ1) is 8.85. The largest absolute Gasteiger partial charge is 0.386 e. The lowest BCUT2D eigenvalue weighted by Crippen LogP contribution is -2.60. The molecule has 1 rings (SSSR count). The second kappa shape index (κ2) is 6.67. The van der Waals surface area contributed by atoms with E-state index in [1.54, 1.807) is 0 Å². The van der Waals surface area contributed by atoms with E-state index >= 15 is 0 Å². The molecule has 0 saturated heterocycles. The third kappa shape index (κ3) is 4.43. The Kier molecular flexibility index (Phi) is 5.76. The van der Waals surface area contributed by atoms with Crippen LogP contribution in [-0.2, 0) is 10.2 Å². The highest BCUT2D eigenvalue weighted by atomic mass is 32.2. The summed E-state index contributed by atoms with van der Waals surface area (Å²) in [6.07, 6.45) is 4.85. The molecule has 0 bridgehead atoms. The summed E-state index contributed by atoms with van der Waals surface area (Å²) in [5.74, 6) is 0.532. The first kappa shape index (κ1) is 16.4. The Morgan fingerprint density at radius 1 is 1.37 bits per heavy atom. The molecule has 0 radical (unpaired) electrons. The van der Waals surface area contributed by atoms with Gasteiger partial charge in [-0.1, -0.05) is 20.3 Å². The first-order valence-electron chi connectivity index (χ1n) is 6.98. The number of hydrogen-bond donors (Lipinski definition) is 4. The van der Waals surface area contributed by atoms with E-state index in [1.165, 1.54) is 0 Å². The lowest BCUT2D eigenvalue weighted by atomic mass is 9.75. The third-order valence-electron chi connectivity index (χ3n) is 3.92. The smallest absolute Gasteiger partial charge is 0.277 e. The molecule has 0 aromatic carbocycles. The summed E-state index contributed by atoms with van der Waals surface area (Å²) in [6.45, 7) is 4.43. The van der Waals surface area contributed by atoms with Crippen molar-refractivity contribution in [2.75, 3.05) is 6.54 Å². The summed E-state index contributed by atoms with van der Waals surface area (Å²) < 4.78 is 29.0. The van der Waals surface area contributed by atoms with Crippen LogP contribution in [0.5, 0.6) is 0 Å². The second-order valence-electron chi connectivity index (χ2n) is 5.35. The van der Waals surface area contributed by atoms with Crippen molar-refractivity contribution in [3.8, 4) is 0 Å². The summed E-state index contributed by atoms with van der Waals surface area (Å²) in [5.41, 5.74) is 4.76. The van der Waals surface area contributed by atoms with Crippen LogP contribution < -0.4 is 15.2 Å². The molecule has 0 unspecified atom stereocenters. The van der Waals surface area contributed by atoms with Crippen molar-refractivity contribution in [1.82, 2.24) is 9.44 Å². The molecule has 0 heterocycles. The van der Waals surface area contributed by atoms with Gasteiger partial charge in [0.25, 0.3) is 10.2 Å². The zero-order valence-corrected chi connectivity index (χ0v) is 12.6. The minimum Gasteiger partial charge on any atom is -0.386 e. The average molecular weight is 290 g/mol. The number of nitrogens with one attached hydrogen (secondary N) is 3. The van der Waals surface area contributed by atoms with Crippen LogP contribution in [-0.4, -0.2) is 26.3 Å². The Hall–Kier alpha value is -0.660. The van der Waals surface area contributed by atoms with E-state index in [4.69, 9.17) is 11.1 Å². The van der Waals surface area contributed by atoms with Gasteiger partial charge in [0.05, 0.1) is 5.54 Å². The van der Waals surface area contributed by atoms with Gasteiger partial charge in [0, 0.05) is 6.54 Å². The summed E-state index contributed by atoms with van der Waals surface area (Å²) in [6, 6.07) is 0. The van der Waals surface area contributed by atoms with Crippen LogP contribution in [0.2, 0.25) is 0 Å². The summed E-state index contributed by atoms with van der Waals surface area (Å²) in [5, 5.41) is 7.74. The van der Waals surface area contributed by atoms with E-state index in [0.717, 1.165) is 25.7 Å². The van der Waals surface area contributed by atoms with Crippen molar-refractivity contribution in [2.24, 2.45) is 11.7 Å². The van der Waals surface area contributed by atoms with Crippen LogP contribution in [0.1, 0.15) is 52.4 Å². The normalized spacial score (nSPS) is 28.2. The van der Waals surface area contributed by atoms with Crippen LogP contribution in [0.3, 0.4) is 0 Å². The Morgan fingerprint density at radius 3 is 2.37 bits per heavy atom. The van der Waals surface area contributed by atoms with Gasteiger partial charge >= 0.3 is 0 Å². The van der Waals surface area contributed by atoms with Crippen molar-refractivity contribution < 1.29 is 8.42 Å². The third-order valence-corrected chi connectivity index (χ3v) is 5.17. The highest BCUT2D eigenvalue weighted by Gasteiger charge is 2.40. The van der Waals surface area contributed by atoms with Crippen LogP contribution in [0.4, 0.5) is 0 Å². The molecule has 0 atom stereocenters. The van der Waals surface area contributed by atoms with Gasteiger partial charge in [-0.2, -0.15) is 13.1 Å². The summed E-state index contributed by atoms with van der Waals surface area (Å²) in [7, 11) is -3.59. The lowest BCUT2D eigenvalue weighted by Gasteiger charge is -2.39. The van der Waals surface area contributed by atoms with Crippen molar-refractivity contribution in [2.45, 2.75) is 57.9 Å². The molecule has 0 aromatic rings. The molecule has 0 amide bonds. The van der Waals surface area contributed by atoms with Crippen LogP contribution in [0.15, 0.2) is 0 Å². The fourth-order valence-corrected chi connectivity index (χ4v) is 3.91. The first-order valence-corrected chi connectivity index (χ1v) is 8.46. The van der Waals surface area contributed by atoms with Gasteiger partial charge in [-0.15, -0.1) is 0 Å². The SMILES string of the molecule is CCCNS(=O)(=O)NC1(C(=N)N)CCC(CC)CC1. The van der Waals surface area contributed by atoms with Crippen molar-refractivity contribution >= 4 is 16.0 Å². The maximum atomic E-state index is 11.9. The predicted octanol–water partition coefficient (Wildman–Crippen LogP) is 1.10. The highest BCUT2D eigenvalue weighted by Crippen LogP contribution is 2.34. The molecular formula is C12H26N4O2S. The Bertz CT molecular complexity index is 400. The second-order valence-corrected chi connectivity index (χ2v) is 6.85. The molecular weight excluding hydrogens is 264 g/mol. The molecule has 19 heavy (non-hydrogen) atoms. The molecule has 1 aliphatic carbocycles. The quantitative estimate of drug-likeness (QED) is 0.416. The monoisotopic (exact) mass is 290 g/mol. The summed E-state index contributed by atoms with van der Waals surface area (Å²) in [4.78, 5) is 0. The van der Waals surface area contributed by atoms with Crippen molar-refractivity contribution in [3.63, 3.8) is 0 Å². The topological polar surface area (TPSA) is 108 Å². The molecule has 1 saturated carbocycles. The van der Waals surface area contributed by atoms with Crippen molar-refractivity contribution in [1.29, 1.82) is 5.41 Å². The van der Waals surface area contributed by atoms with Gasteiger partial charge in [0.2, 0.25) is 0 Å². The Labute approximate surface area is 116 Å². The van der Waals surface area contributed by atoms with Crippen LogP contribution >= 0.6 is 0 Å². The Morgan fingerprint density at radius 2 is 1.95 bits per heavy atom. The van der Waals surface area contributed by atoms with E-state index in [0.29, 0.717) is 25.3 Å². The zero-order chi connectivity index (χ0) is 14.5. The van der Waals surface area contributed by atoms with E-state index in [1.807, 2.05) is 6.92 Å². The summed E-state index contributed by atoms with van der Waals surface area (Å²) >= 11 is 0. The van der Waals surface area contributed by atoms with Crippen molar-refractivity contribution in [3.05, 3.63) is 0 Å². The predicted molar refractivity (Wildman–Crippen MR) is 77.2 cm³/mol. The lowest BCUT2D eigenvalue weighted by molar-refractivity contribution is 0.265. The van der Waals surface area contributed by atoms with E-state index < -0.39 is 15.7 Å². The molecule has 7 heteroatoms. The minimum absolute atomic E-state index is 0.0797. The average Bonchev–Trinajstić information content (AvgIpc) is 2.36. The molecule has 0 aliphatic heterocycles. The molecule has 1 aliphatic rings. The molecule has 6 nitrogen and oxygen atoms in total. The van der Waals surface area contributed by atoms with Gasteiger partial charge in [-0.3, -0.25) is 5.41 Å². The van der Waals surface area contributed by atoms with Gasteiger partial charge in [0.15, 0.2) is 0 Å². The molecule has 112 valence electrons. The maximum absolute atomic E-state index is 11.9. The molecule has 0 spiro atoms. The van der Waals surface area contributed by atoms with Gasteiger partial charge in [-0.05, 0) is 38.0 Å². The minimum atomic E-state index is -3.59. The highest BCUT2D eigenvalue weighted by molar-refractivity contribution is 7.87.